The molecule has 0 saturated carbocycles. The van der Waals surface area contributed by atoms with E-state index in [4.69, 9.17) is 4.84 Å². The van der Waals surface area contributed by atoms with Gasteiger partial charge in [-0.25, -0.2) is 0 Å². The van der Waals surface area contributed by atoms with Crippen LogP contribution in [0.15, 0.2) is 97.4 Å². The highest BCUT2D eigenvalue weighted by atomic mass is 32.1. The van der Waals surface area contributed by atoms with Crippen LogP contribution in [0, 0.1) is 0 Å². The van der Waals surface area contributed by atoms with Gasteiger partial charge in [-0.05, 0) is 34.7 Å². The number of carbonyl (C=O) groups is 1. The molecular weight excluding hydrogens is 416 g/mol. The van der Waals surface area contributed by atoms with Crippen LogP contribution in [0.5, 0.6) is 0 Å². The van der Waals surface area contributed by atoms with E-state index < -0.39 is 6.04 Å². The summed E-state index contributed by atoms with van der Waals surface area (Å²) in [5, 5.41) is 1.10. The van der Waals surface area contributed by atoms with Crippen molar-refractivity contribution in [2.24, 2.45) is 0 Å². The Hall–Kier alpha value is -3.28. The normalized spacial score (nSPS) is 12.9. The number of fused-ring (bicyclic) bond motifs is 1. The summed E-state index contributed by atoms with van der Waals surface area (Å²) in [6, 6.07) is 26.1. The Labute approximate surface area is 193 Å². The van der Waals surface area contributed by atoms with Crippen LogP contribution in [-0.4, -0.2) is 23.1 Å². The van der Waals surface area contributed by atoms with Crippen molar-refractivity contribution in [3.8, 4) is 11.1 Å². The van der Waals surface area contributed by atoms with Crippen LogP contribution < -0.4 is 5.48 Å². The predicted molar refractivity (Wildman–Crippen MR) is 134 cm³/mol. The number of allylic oxidation sites excluding steroid dienone is 1. The zero-order valence-corrected chi connectivity index (χ0v) is 18.6. The minimum Gasteiger partial charge on any atom is -0.412 e. The van der Waals surface area contributed by atoms with E-state index in [1.807, 2.05) is 48.7 Å². The summed E-state index contributed by atoms with van der Waals surface area (Å²) in [4.78, 5) is 20.6. The Morgan fingerprint density at radius 1 is 1.00 bits per heavy atom. The zero-order valence-electron chi connectivity index (χ0n) is 17.7. The van der Waals surface area contributed by atoms with Crippen LogP contribution in [-0.2, 0) is 16.1 Å². The molecule has 0 amide bonds. The summed E-state index contributed by atoms with van der Waals surface area (Å²) >= 11 is 4.50. The second-order valence-electron chi connectivity index (χ2n) is 7.72. The molecule has 0 saturated heterocycles. The number of nitrogens with one attached hydrogen (secondary N) is 2. The predicted octanol–water partition coefficient (Wildman–Crippen LogP) is 5.69. The molecule has 0 spiro atoms. The lowest BCUT2D eigenvalue weighted by Crippen LogP contribution is -2.33. The molecule has 32 heavy (non-hydrogen) atoms. The number of rotatable bonds is 10. The molecule has 0 bridgehead atoms. The first-order valence-corrected chi connectivity index (χ1v) is 11.2. The Balaban J connectivity index is 1.39. The van der Waals surface area contributed by atoms with Gasteiger partial charge in [-0.15, -0.1) is 5.48 Å². The summed E-state index contributed by atoms with van der Waals surface area (Å²) in [5.41, 5.74) is 8.36. The number of aromatic nitrogens is 1. The van der Waals surface area contributed by atoms with E-state index in [1.165, 1.54) is 5.56 Å². The Morgan fingerprint density at radius 2 is 1.69 bits per heavy atom. The van der Waals surface area contributed by atoms with Gasteiger partial charge in [0, 0.05) is 22.9 Å². The van der Waals surface area contributed by atoms with Gasteiger partial charge in [0.25, 0.3) is 0 Å². The number of carbonyl (C=O) groups excluding carboxylic acids is 1. The lowest BCUT2D eigenvalue weighted by molar-refractivity contribution is -0.112. The van der Waals surface area contributed by atoms with E-state index in [1.54, 1.807) is 0 Å². The smallest absolute Gasteiger partial charge is 0.140 e. The van der Waals surface area contributed by atoms with E-state index in [-0.39, 0.29) is 5.92 Å². The maximum absolute atomic E-state index is 11.7. The van der Waals surface area contributed by atoms with Gasteiger partial charge in [-0.1, -0.05) is 79.4 Å². The Morgan fingerprint density at radius 3 is 2.41 bits per heavy atom. The molecule has 0 aliphatic carbocycles. The SMILES string of the molecule is C=C(ON[C@H](C=O)Cc1c[nH]c2ccccc12)C(CS)c1ccc(-c2ccccc2)cc1. The third kappa shape index (κ3) is 4.96. The topological polar surface area (TPSA) is 54.1 Å². The molecular formula is C27H26N2O2S. The number of aldehydes is 1. The minimum absolute atomic E-state index is 0.101. The van der Waals surface area contributed by atoms with Crippen molar-refractivity contribution in [3.05, 3.63) is 109 Å². The first-order chi connectivity index (χ1) is 15.7. The fraction of sp³-hybridized carbons (Fsp3) is 0.148. The van der Waals surface area contributed by atoms with E-state index in [0.717, 1.165) is 33.9 Å². The molecule has 162 valence electrons. The molecule has 1 unspecified atom stereocenters. The van der Waals surface area contributed by atoms with Gasteiger partial charge < -0.3 is 14.6 Å². The number of hydrogen-bond acceptors (Lipinski definition) is 4. The highest BCUT2D eigenvalue weighted by Crippen LogP contribution is 2.28. The summed E-state index contributed by atoms with van der Waals surface area (Å²) in [7, 11) is 0. The average Bonchev–Trinajstić information content (AvgIpc) is 3.26. The van der Waals surface area contributed by atoms with Crippen molar-refractivity contribution < 1.29 is 9.63 Å². The number of thiol groups is 1. The van der Waals surface area contributed by atoms with Crippen molar-refractivity contribution >= 4 is 29.8 Å². The summed E-state index contributed by atoms with van der Waals surface area (Å²) < 4.78 is 0. The summed E-state index contributed by atoms with van der Waals surface area (Å²) in [5.74, 6) is 0.966. The zero-order chi connectivity index (χ0) is 22.3. The van der Waals surface area contributed by atoms with Crippen LogP contribution >= 0.6 is 12.6 Å². The highest BCUT2D eigenvalue weighted by molar-refractivity contribution is 7.80. The van der Waals surface area contributed by atoms with Gasteiger partial charge in [0.2, 0.25) is 0 Å². The third-order valence-corrected chi connectivity index (χ3v) is 5.98. The Kier molecular flexibility index (Phi) is 7.10. The van der Waals surface area contributed by atoms with Crippen molar-refractivity contribution in [2.45, 2.75) is 18.4 Å². The van der Waals surface area contributed by atoms with Crippen LogP contribution in [0.4, 0.5) is 0 Å². The van der Waals surface area contributed by atoms with Gasteiger partial charge >= 0.3 is 0 Å². The van der Waals surface area contributed by atoms with E-state index in [2.05, 4.69) is 66.1 Å². The van der Waals surface area contributed by atoms with Crippen LogP contribution in [0.3, 0.4) is 0 Å². The fourth-order valence-electron chi connectivity index (χ4n) is 3.81. The fourth-order valence-corrected chi connectivity index (χ4v) is 4.22. The highest BCUT2D eigenvalue weighted by Gasteiger charge is 2.18. The second kappa shape index (κ2) is 10.4. The van der Waals surface area contributed by atoms with Crippen molar-refractivity contribution in [1.82, 2.24) is 10.5 Å². The van der Waals surface area contributed by atoms with Crippen molar-refractivity contribution in [3.63, 3.8) is 0 Å². The number of aromatic amines is 1. The molecule has 0 aliphatic heterocycles. The molecule has 1 aromatic heterocycles. The molecule has 2 atom stereocenters. The molecule has 4 nitrogen and oxygen atoms in total. The largest absolute Gasteiger partial charge is 0.412 e. The quantitative estimate of drug-likeness (QED) is 0.128. The standard InChI is InChI=1S/C27H26N2O2S/c1-19(26(18-32)22-13-11-21(12-14-22)20-7-3-2-4-8-20)31-29-24(17-30)15-23-16-28-27-10-6-5-9-25(23)27/h2-14,16-17,24,26,28-29,32H,1,15,18H2/t24-,26?/m0/s1. The molecule has 0 fully saturated rings. The molecule has 3 aromatic carbocycles. The average molecular weight is 443 g/mol. The lowest BCUT2D eigenvalue weighted by Gasteiger charge is -2.21. The van der Waals surface area contributed by atoms with Gasteiger partial charge in [-0.3, -0.25) is 0 Å². The number of hydrogen-bond donors (Lipinski definition) is 3. The molecule has 0 aliphatic rings. The third-order valence-electron chi connectivity index (χ3n) is 5.61. The number of H-pyrrole nitrogens is 1. The lowest BCUT2D eigenvalue weighted by atomic mass is 9.96. The second-order valence-corrected chi connectivity index (χ2v) is 8.08. The number of hydroxylamine groups is 1. The van der Waals surface area contributed by atoms with Gasteiger partial charge in [0.05, 0.1) is 5.92 Å². The molecule has 4 rings (SSSR count). The van der Waals surface area contributed by atoms with E-state index >= 15 is 0 Å². The first-order valence-electron chi connectivity index (χ1n) is 10.6. The Bertz CT molecular complexity index is 1190. The summed E-state index contributed by atoms with van der Waals surface area (Å²) in [6.07, 6.45) is 3.31. The van der Waals surface area contributed by atoms with E-state index in [0.29, 0.717) is 17.9 Å². The van der Waals surface area contributed by atoms with Gasteiger partial charge in [0.15, 0.2) is 0 Å². The maximum Gasteiger partial charge on any atom is 0.140 e. The number of benzene rings is 3. The molecule has 2 N–H and O–H groups in total. The maximum atomic E-state index is 11.7. The molecule has 1 heterocycles. The van der Waals surface area contributed by atoms with Gasteiger partial charge in [-0.2, -0.15) is 12.6 Å². The van der Waals surface area contributed by atoms with E-state index in [9.17, 15) is 4.79 Å². The first kappa shape index (κ1) is 21.9. The van der Waals surface area contributed by atoms with Crippen molar-refractivity contribution in [2.75, 3.05) is 5.75 Å². The monoisotopic (exact) mass is 442 g/mol. The van der Waals surface area contributed by atoms with Crippen LogP contribution in [0.1, 0.15) is 17.0 Å². The van der Waals surface area contributed by atoms with Crippen LogP contribution in [0.2, 0.25) is 0 Å². The molecule has 4 aromatic rings. The minimum atomic E-state index is -0.494. The molecule has 0 radical (unpaired) electrons. The van der Waals surface area contributed by atoms with Crippen LogP contribution in [0.25, 0.3) is 22.0 Å². The number of para-hydroxylation sites is 1. The molecule has 5 heteroatoms. The van der Waals surface area contributed by atoms with Gasteiger partial charge in [0.1, 0.15) is 18.1 Å². The van der Waals surface area contributed by atoms with Crippen molar-refractivity contribution in [1.29, 1.82) is 0 Å². The summed E-state index contributed by atoms with van der Waals surface area (Å²) in [6.45, 7) is 4.08.